The van der Waals surface area contributed by atoms with Crippen molar-refractivity contribution in [3.63, 3.8) is 0 Å². The third-order valence-corrected chi connectivity index (χ3v) is 10.9. The fourth-order valence-electron chi connectivity index (χ4n) is 8.14. The smallest absolute Gasteiger partial charge is 0.338 e. The van der Waals surface area contributed by atoms with Crippen LogP contribution in [0.4, 0.5) is 8.78 Å². The lowest BCUT2D eigenvalue weighted by Crippen LogP contribution is -2.36. The van der Waals surface area contributed by atoms with E-state index in [0.29, 0.717) is 70.1 Å². The quantitative estimate of drug-likeness (QED) is 0.221. The van der Waals surface area contributed by atoms with E-state index in [9.17, 15) is 14.0 Å². The van der Waals surface area contributed by atoms with Crippen molar-refractivity contribution in [2.24, 2.45) is 7.05 Å². The number of nitrogens with one attached hydrogen (secondary N) is 1. The van der Waals surface area contributed by atoms with Crippen LogP contribution in [0.5, 0.6) is 0 Å². The van der Waals surface area contributed by atoms with E-state index in [-0.39, 0.29) is 35.5 Å². The lowest BCUT2D eigenvalue weighted by Gasteiger charge is -2.35. The van der Waals surface area contributed by atoms with E-state index >= 15 is 4.39 Å². The summed E-state index contributed by atoms with van der Waals surface area (Å²) in [4.78, 5) is 38.2. The number of hydrogen-bond donors (Lipinski definition) is 1. The minimum Gasteiger partial charge on any atom is -0.376 e. The molecule has 2 aliphatic rings. The van der Waals surface area contributed by atoms with E-state index in [2.05, 4.69) is 30.0 Å². The molecular weight excluding hydrogens is 692 g/mol. The number of rotatable bonds is 5. The van der Waals surface area contributed by atoms with E-state index in [4.69, 9.17) is 14.8 Å². The highest BCUT2D eigenvalue weighted by molar-refractivity contribution is 5.98. The van der Waals surface area contributed by atoms with Crippen LogP contribution in [0.2, 0.25) is 0 Å². The van der Waals surface area contributed by atoms with Crippen LogP contribution in [0.3, 0.4) is 0 Å². The second kappa shape index (κ2) is 12.3. The third kappa shape index (κ3) is 5.46. The highest BCUT2D eigenvalue weighted by atomic mass is 19.1. The summed E-state index contributed by atoms with van der Waals surface area (Å²) in [7, 11) is 1.72. The van der Waals surface area contributed by atoms with Gasteiger partial charge in [-0.3, -0.25) is 23.6 Å². The van der Waals surface area contributed by atoms with E-state index in [1.807, 2.05) is 6.07 Å². The number of benzene rings is 2. The molecule has 276 valence electrons. The maximum atomic E-state index is 15.8. The van der Waals surface area contributed by atoms with Crippen molar-refractivity contribution in [3.05, 3.63) is 117 Å². The molecule has 1 saturated heterocycles. The Morgan fingerprint density at radius 3 is 2.57 bits per heavy atom. The number of nitrogens with zero attached hydrogens (tertiary/aromatic N) is 8. The molecule has 7 heterocycles. The van der Waals surface area contributed by atoms with E-state index in [1.165, 1.54) is 21.5 Å². The van der Waals surface area contributed by atoms with Crippen LogP contribution in [0.1, 0.15) is 71.2 Å². The maximum absolute atomic E-state index is 15.8. The molecule has 12 nitrogen and oxygen atoms in total. The van der Waals surface area contributed by atoms with Crippen LogP contribution in [-0.2, 0) is 24.8 Å². The van der Waals surface area contributed by atoms with Gasteiger partial charge in [0.2, 0.25) is 0 Å². The lowest BCUT2D eigenvalue weighted by molar-refractivity contribution is -0.0597. The predicted octanol–water partition coefficient (Wildman–Crippen LogP) is 6.34. The van der Waals surface area contributed by atoms with Gasteiger partial charge in [-0.1, -0.05) is 0 Å². The molecule has 0 spiro atoms. The first-order chi connectivity index (χ1) is 25.9. The summed E-state index contributed by atoms with van der Waals surface area (Å²) in [5.41, 5.74) is 4.89. The molecule has 7 aromatic rings. The lowest BCUT2D eigenvalue weighted by atomic mass is 9.86. The number of aryl methyl sites for hydroxylation is 3. The second-order valence-corrected chi connectivity index (χ2v) is 15.1. The number of hydrogen-bond acceptors (Lipinski definition) is 6. The Morgan fingerprint density at radius 2 is 1.80 bits per heavy atom. The number of amides is 1. The molecule has 0 radical (unpaired) electrons. The topological polar surface area (TPSA) is 121 Å². The number of H-pyrrole nitrogens is 1. The zero-order chi connectivity index (χ0) is 37.6. The van der Waals surface area contributed by atoms with Gasteiger partial charge in [0, 0.05) is 61.6 Å². The number of imidazole rings is 1. The molecule has 54 heavy (non-hydrogen) atoms. The molecule has 1 N–H and O–H groups in total. The Balaban J connectivity index is 1.10. The van der Waals surface area contributed by atoms with Gasteiger partial charge in [0.1, 0.15) is 17.3 Å². The SMILES string of the molecule is Cc1cc(-n2nc3c(c2-n2ccn(-c4ccc5c(cnn5C)c4F)c2=O)CN(C(=O)c2cc4cc([C@@H]5CCOC(C)(C)C5)ncc4[nH]2)CC3)cc(C)c1F. The monoisotopic (exact) mass is 731 g/mol. The first-order valence-electron chi connectivity index (χ1n) is 18.1. The number of carbonyl (C=O) groups excluding carboxylic acids is 1. The van der Waals surface area contributed by atoms with E-state index in [0.717, 1.165) is 29.4 Å². The number of carbonyl (C=O) groups is 1. The Kier molecular flexibility index (Phi) is 7.75. The molecule has 9 rings (SSSR count). The summed E-state index contributed by atoms with van der Waals surface area (Å²) >= 11 is 0. The van der Waals surface area contributed by atoms with Crippen LogP contribution in [0.25, 0.3) is 39.0 Å². The van der Waals surface area contributed by atoms with Crippen LogP contribution in [0, 0.1) is 25.5 Å². The summed E-state index contributed by atoms with van der Waals surface area (Å²) in [6.07, 6.45) is 8.48. The van der Waals surface area contributed by atoms with Gasteiger partial charge in [-0.05, 0) is 88.1 Å². The first kappa shape index (κ1) is 33.9. The van der Waals surface area contributed by atoms with Gasteiger partial charge >= 0.3 is 5.69 Å². The van der Waals surface area contributed by atoms with Crippen molar-refractivity contribution >= 4 is 27.7 Å². The van der Waals surface area contributed by atoms with Crippen molar-refractivity contribution in [1.82, 2.24) is 43.6 Å². The number of aromatic nitrogens is 8. The van der Waals surface area contributed by atoms with E-state index in [1.54, 1.807) is 71.8 Å². The second-order valence-electron chi connectivity index (χ2n) is 15.1. The zero-order valence-electron chi connectivity index (χ0n) is 30.7. The number of aromatic amines is 1. The average molecular weight is 732 g/mol. The third-order valence-electron chi connectivity index (χ3n) is 10.9. The zero-order valence-corrected chi connectivity index (χ0v) is 30.7. The number of ether oxygens (including phenoxy) is 1. The molecule has 0 bridgehead atoms. The van der Waals surface area contributed by atoms with Gasteiger partial charge in [-0.15, -0.1) is 0 Å². The van der Waals surface area contributed by atoms with E-state index < -0.39 is 11.5 Å². The number of fused-ring (bicyclic) bond motifs is 3. The van der Waals surface area contributed by atoms with Gasteiger partial charge in [-0.25, -0.2) is 18.3 Å². The van der Waals surface area contributed by atoms with Crippen molar-refractivity contribution in [2.75, 3.05) is 13.2 Å². The minimum atomic E-state index is -0.574. The van der Waals surface area contributed by atoms with Crippen LogP contribution >= 0.6 is 0 Å². The number of pyridine rings is 1. The molecule has 14 heteroatoms. The van der Waals surface area contributed by atoms with Crippen molar-refractivity contribution in [2.45, 2.75) is 65.0 Å². The summed E-state index contributed by atoms with van der Waals surface area (Å²) in [5.74, 6) is -0.436. The van der Waals surface area contributed by atoms with Crippen molar-refractivity contribution in [1.29, 1.82) is 0 Å². The molecule has 1 atom stereocenters. The summed E-state index contributed by atoms with van der Waals surface area (Å²) in [5, 5.41) is 10.3. The van der Waals surface area contributed by atoms with Gasteiger partial charge < -0.3 is 14.6 Å². The fraction of sp³-hybridized carbons (Fsp3) is 0.325. The predicted molar refractivity (Wildman–Crippen MR) is 199 cm³/mol. The summed E-state index contributed by atoms with van der Waals surface area (Å²) < 4.78 is 42.4. The van der Waals surface area contributed by atoms with Gasteiger partial charge in [-0.2, -0.15) is 10.2 Å². The molecule has 0 unspecified atom stereocenters. The maximum Gasteiger partial charge on any atom is 0.338 e. The van der Waals surface area contributed by atoms with Crippen LogP contribution in [-0.4, -0.2) is 68.2 Å². The molecule has 0 aliphatic carbocycles. The molecule has 1 fully saturated rings. The molecule has 5 aromatic heterocycles. The molecule has 1 amide bonds. The largest absolute Gasteiger partial charge is 0.376 e. The van der Waals surface area contributed by atoms with Crippen molar-refractivity contribution < 1.29 is 18.3 Å². The Labute approximate surface area is 308 Å². The minimum absolute atomic E-state index is 0.0708. The molecule has 2 aliphatic heterocycles. The molecule has 0 saturated carbocycles. The Hall–Kier alpha value is -5.89. The fourth-order valence-corrected chi connectivity index (χ4v) is 8.14. The number of halogens is 2. The van der Waals surface area contributed by atoms with Crippen molar-refractivity contribution in [3.8, 4) is 17.2 Å². The Bertz CT molecular complexity index is 2690. The van der Waals surface area contributed by atoms with Gasteiger partial charge in [0.15, 0.2) is 5.82 Å². The Morgan fingerprint density at radius 1 is 1.02 bits per heavy atom. The summed E-state index contributed by atoms with van der Waals surface area (Å²) in [6, 6.07) is 10.6. The first-order valence-corrected chi connectivity index (χ1v) is 18.1. The highest BCUT2D eigenvalue weighted by Gasteiger charge is 2.33. The van der Waals surface area contributed by atoms with Gasteiger partial charge in [0.25, 0.3) is 5.91 Å². The molecular formula is C40H39F2N9O3. The summed E-state index contributed by atoms with van der Waals surface area (Å²) in [6.45, 7) is 8.79. The average Bonchev–Trinajstić information content (AvgIpc) is 3.93. The molecule has 2 aromatic carbocycles. The van der Waals surface area contributed by atoms with Crippen LogP contribution < -0.4 is 5.69 Å². The standard InChI is InChI=1S/C40H39F2N9O3/c1-22-14-26(15-23(2)35(22)41)51-37(50-12-11-49(39(50)53)34-7-6-33-27(36(34)42)19-44-47(33)5)28-21-48(10-8-29(28)46-51)38(52)31-17-25-16-30(43-20-32(25)45-31)24-9-13-54-40(3,4)18-24/h6-7,11-12,14-17,19-20,24,45H,8-10,13,18,21H2,1-5H3/t24-/m1/s1. The van der Waals surface area contributed by atoms with Crippen LogP contribution in [0.15, 0.2) is 66.0 Å². The van der Waals surface area contributed by atoms with Gasteiger partial charge in [0.05, 0.1) is 58.0 Å². The normalized spacial score (nSPS) is 17.1. The highest BCUT2D eigenvalue weighted by Crippen LogP contribution is 2.36.